The summed E-state index contributed by atoms with van der Waals surface area (Å²) in [7, 11) is 0. The van der Waals surface area contributed by atoms with Gasteiger partial charge >= 0.3 is 12.1 Å². The fraction of sp³-hybridized carbons (Fsp3) is 0.500. The van der Waals surface area contributed by atoms with E-state index in [9.17, 15) is 14.4 Å². The Morgan fingerprint density at radius 1 is 1.06 bits per heavy atom. The van der Waals surface area contributed by atoms with E-state index in [0.717, 1.165) is 11.4 Å². The Bertz CT molecular complexity index is 1130. The summed E-state index contributed by atoms with van der Waals surface area (Å²) in [6.07, 6.45) is 0. The van der Waals surface area contributed by atoms with E-state index in [4.69, 9.17) is 11.6 Å². The number of halogens is 1. The molecule has 188 valence electrons. The number of fused-ring (bicyclic) bond motifs is 1. The molecule has 0 aliphatic carbocycles. The number of rotatable bonds is 4. The Morgan fingerprint density at radius 3 is 2.26 bits per heavy atom. The first-order valence-corrected chi connectivity index (χ1v) is 12.1. The first-order chi connectivity index (χ1) is 16.5. The van der Waals surface area contributed by atoms with Gasteiger partial charge in [-0.2, -0.15) is 0 Å². The Kier molecular flexibility index (Phi) is 6.79. The van der Waals surface area contributed by atoms with Crippen molar-refractivity contribution in [3.8, 4) is 0 Å². The highest BCUT2D eigenvalue weighted by Crippen LogP contribution is 2.26. The molecule has 0 unspecified atom stereocenters. The molecule has 4 amide bonds. The number of amides is 4. The summed E-state index contributed by atoms with van der Waals surface area (Å²) in [5, 5.41) is 9.90. The molecule has 1 saturated heterocycles. The number of nitrogens with one attached hydrogen (secondary N) is 2. The predicted molar refractivity (Wildman–Crippen MR) is 133 cm³/mol. The first kappa shape index (κ1) is 25.0. The molecule has 2 aromatic rings. The zero-order valence-corrected chi connectivity index (χ0v) is 21.5. The summed E-state index contributed by atoms with van der Waals surface area (Å²) in [6.45, 7) is 12.0. The van der Waals surface area contributed by atoms with E-state index in [1.165, 1.54) is 0 Å². The lowest BCUT2D eigenvalue weighted by atomic mass is 9.85. The predicted octanol–water partition coefficient (Wildman–Crippen LogP) is 3.23. The molecule has 0 radical (unpaired) electrons. The Labute approximate surface area is 210 Å². The number of aromatic nitrogens is 2. The third-order valence-corrected chi connectivity index (χ3v) is 6.70. The molecule has 1 aromatic carbocycles. The zero-order chi connectivity index (χ0) is 25.5. The minimum atomic E-state index is -0.716. The fourth-order valence-electron chi connectivity index (χ4n) is 4.52. The number of nitrogens with zero attached hydrogens (tertiary/aromatic N) is 5. The van der Waals surface area contributed by atoms with E-state index in [0.29, 0.717) is 49.3 Å². The monoisotopic (exact) mass is 501 g/mol. The Morgan fingerprint density at radius 2 is 1.69 bits per heavy atom. The number of imidazole rings is 1. The van der Waals surface area contributed by atoms with Gasteiger partial charge in [-0.25, -0.2) is 24.1 Å². The van der Waals surface area contributed by atoms with Gasteiger partial charge in [0, 0.05) is 36.9 Å². The van der Waals surface area contributed by atoms with Crippen molar-refractivity contribution in [3.05, 3.63) is 46.5 Å². The van der Waals surface area contributed by atoms with Gasteiger partial charge in [-0.1, -0.05) is 32.4 Å². The molecule has 2 aliphatic heterocycles. The van der Waals surface area contributed by atoms with Crippen LogP contribution in [-0.4, -0.2) is 74.7 Å². The van der Waals surface area contributed by atoms with Crippen LogP contribution in [-0.2, 0) is 11.3 Å². The molecule has 2 N–H and O–H groups in total. The SMILES string of the molecule is Cc1nc(C)n2c1CN(N1CCN(C(=O)[C@H](NC(=O)Nc3ccc(Cl)cc3)C(C)(C)C)CC1)C2=O. The summed E-state index contributed by atoms with van der Waals surface area (Å²) in [5.41, 5.74) is 1.86. The molecule has 1 atom stereocenters. The topological polar surface area (TPSA) is 103 Å². The summed E-state index contributed by atoms with van der Waals surface area (Å²) in [5.74, 6) is 0.549. The van der Waals surface area contributed by atoms with Gasteiger partial charge in [-0.15, -0.1) is 0 Å². The van der Waals surface area contributed by atoms with Crippen LogP contribution >= 0.6 is 11.6 Å². The van der Waals surface area contributed by atoms with Crippen LogP contribution in [0.25, 0.3) is 0 Å². The third kappa shape index (κ3) is 5.13. The van der Waals surface area contributed by atoms with Crippen LogP contribution in [0, 0.1) is 19.3 Å². The lowest BCUT2D eigenvalue weighted by Gasteiger charge is -2.41. The summed E-state index contributed by atoms with van der Waals surface area (Å²) in [4.78, 5) is 45.2. The quantitative estimate of drug-likeness (QED) is 0.669. The van der Waals surface area contributed by atoms with Gasteiger partial charge in [-0.3, -0.25) is 9.80 Å². The van der Waals surface area contributed by atoms with Crippen molar-refractivity contribution < 1.29 is 14.4 Å². The van der Waals surface area contributed by atoms with Gasteiger partial charge in [0.05, 0.1) is 17.9 Å². The molecule has 2 aliphatic rings. The van der Waals surface area contributed by atoms with Crippen molar-refractivity contribution in [1.29, 1.82) is 0 Å². The number of anilines is 1. The molecule has 4 rings (SSSR count). The molecule has 0 saturated carbocycles. The van der Waals surface area contributed by atoms with Crippen LogP contribution in [0.3, 0.4) is 0 Å². The van der Waals surface area contributed by atoms with Gasteiger partial charge in [0.25, 0.3) is 0 Å². The smallest absolute Gasteiger partial charge is 0.338 e. The molecular formula is C24H32ClN7O3. The number of piperazine rings is 1. The minimum Gasteiger partial charge on any atom is -0.338 e. The van der Waals surface area contributed by atoms with E-state index < -0.39 is 17.5 Å². The van der Waals surface area contributed by atoms with Crippen molar-refractivity contribution in [2.45, 2.75) is 47.2 Å². The number of benzene rings is 1. The van der Waals surface area contributed by atoms with Crippen LogP contribution in [0.15, 0.2) is 24.3 Å². The van der Waals surface area contributed by atoms with Crippen LogP contribution in [0.1, 0.15) is 38.0 Å². The van der Waals surface area contributed by atoms with Crippen molar-refractivity contribution in [2.75, 3.05) is 31.5 Å². The van der Waals surface area contributed by atoms with E-state index in [-0.39, 0.29) is 11.9 Å². The average molecular weight is 502 g/mol. The number of hydrogen-bond donors (Lipinski definition) is 2. The molecule has 3 heterocycles. The normalized spacial score (nSPS) is 17.4. The van der Waals surface area contributed by atoms with Gasteiger partial charge in [0.1, 0.15) is 11.9 Å². The number of carbonyl (C=O) groups excluding carboxylic acids is 3. The third-order valence-electron chi connectivity index (χ3n) is 6.45. The summed E-state index contributed by atoms with van der Waals surface area (Å²) < 4.78 is 1.66. The molecule has 0 bridgehead atoms. The van der Waals surface area contributed by atoms with E-state index in [2.05, 4.69) is 15.6 Å². The molecule has 0 spiro atoms. The Balaban J connectivity index is 1.37. The Hall–Kier alpha value is -3.11. The number of carbonyl (C=O) groups is 3. The van der Waals surface area contributed by atoms with Crippen molar-refractivity contribution in [2.24, 2.45) is 5.41 Å². The molecule has 10 nitrogen and oxygen atoms in total. The van der Waals surface area contributed by atoms with E-state index >= 15 is 0 Å². The number of aryl methyl sites for hydroxylation is 2. The van der Waals surface area contributed by atoms with Gasteiger partial charge < -0.3 is 15.5 Å². The summed E-state index contributed by atoms with van der Waals surface area (Å²) in [6, 6.07) is 5.49. The van der Waals surface area contributed by atoms with Crippen LogP contribution < -0.4 is 10.6 Å². The minimum absolute atomic E-state index is 0.106. The van der Waals surface area contributed by atoms with Crippen molar-refractivity contribution >= 4 is 35.3 Å². The second kappa shape index (κ2) is 9.50. The maximum Gasteiger partial charge on any atom is 0.344 e. The fourth-order valence-corrected chi connectivity index (χ4v) is 4.65. The van der Waals surface area contributed by atoms with E-state index in [1.54, 1.807) is 38.7 Å². The molecule has 1 fully saturated rings. The standard InChI is InChI=1S/C24H32ClN7O3/c1-15-19-14-31(23(35)32(19)16(2)26-15)30-12-10-29(11-13-30)21(33)20(24(3,4)5)28-22(34)27-18-8-6-17(25)7-9-18/h6-9,20H,10-14H2,1-5H3,(H2,27,28,34)/t20-/m0/s1. The maximum absolute atomic E-state index is 13.5. The lowest BCUT2D eigenvalue weighted by Crippen LogP contribution is -2.61. The zero-order valence-electron chi connectivity index (χ0n) is 20.8. The lowest BCUT2D eigenvalue weighted by molar-refractivity contribution is -0.139. The van der Waals surface area contributed by atoms with Crippen LogP contribution in [0.2, 0.25) is 5.02 Å². The largest absolute Gasteiger partial charge is 0.344 e. The van der Waals surface area contributed by atoms with Gasteiger partial charge in [0.15, 0.2) is 0 Å². The second-order valence-electron chi connectivity index (χ2n) is 10.1. The number of hydrogen-bond acceptors (Lipinski definition) is 5. The average Bonchev–Trinajstić information content (AvgIpc) is 3.29. The molecule has 11 heteroatoms. The van der Waals surface area contributed by atoms with E-state index in [1.807, 2.05) is 39.6 Å². The summed E-state index contributed by atoms with van der Waals surface area (Å²) >= 11 is 5.90. The highest BCUT2D eigenvalue weighted by molar-refractivity contribution is 6.30. The van der Waals surface area contributed by atoms with Crippen LogP contribution in [0.5, 0.6) is 0 Å². The second-order valence-corrected chi connectivity index (χ2v) is 10.5. The van der Waals surface area contributed by atoms with Crippen molar-refractivity contribution in [1.82, 2.24) is 29.8 Å². The van der Waals surface area contributed by atoms with Crippen LogP contribution in [0.4, 0.5) is 15.3 Å². The highest BCUT2D eigenvalue weighted by atomic mass is 35.5. The maximum atomic E-state index is 13.5. The molecule has 1 aromatic heterocycles. The van der Waals surface area contributed by atoms with Crippen molar-refractivity contribution in [3.63, 3.8) is 0 Å². The molecular weight excluding hydrogens is 470 g/mol. The first-order valence-electron chi connectivity index (χ1n) is 11.7. The van der Waals surface area contributed by atoms with Gasteiger partial charge in [0.2, 0.25) is 5.91 Å². The highest BCUT2D eigenvalue weighted by Gasteiger charge is 2.39. The molecule has 35 heavy (non-hydrogen) atoms. The number of urea groups is 1. The van der Waals surface area contributed by atoms with Gasteiger partial charge in [-0.05, 0) is 43.5 Å². The number of hydrazine groups is 1.